The maximum Gasteiger partial charge on any atom is 0.255 e. The Bertz CT molecular complexity index is 654. The van der Waals surface area contributed by atoms with E-state index in [0.717, 1.165) is 14.8 Å². The molecule has 2 aromatic carbocycles. The fourth-order valence-electron chi connectivity index (χ4n) is 1.76. The highest BCUT2D eigenvalue weighted by Crippen LogP contribution is 2.18. The van der Waals surface area contributed by atoms with Crippen LogP contribution in [0.5, 0.6) is 0 Å². The summed E-state index contributed by atoms with van der Waals surface area (Å²) in [4.78, 5) is 23.0. The zero-order valence-corrected chi connectivity index (χ0v) is 13.7. The highest BCUT2D eigenvalue weighted by molar-refractivity contribution is 14.1. The molecule has 108 valence electrons. The van der Waals surface area contributed by atoms with Crippen LogP contribution in [0.2, 0.25) is 0 Å². The molecule has 0 atom stereocenters. The van der Waals surface area contributed by atoms with Crippen LogP contribution in [-0.4, -0.2) is 11.8 Å². The van der Waals surface area contributed by atoms with Crippen LogP contribution in [0.3, 0.4) is 0 Å². The molecule has 0 saturated heterocycles. The second-order valence-electron chi connectivity index (χ2n) is 4.54. The molecule has 2 aromatic rings. The Morgan fingerprint density at radius 2 is 1.71 bits per heavy atom. The second-order valence-corrected chi connectivity index (χ2v) is 5.70. The van der Waals surface area contributed by atoms with Crippen molar-refractivity contribution in [2.45, 2.75) is 13.5 Å². The van der Waals surface area contributed by atoms with Gasteiger partial charge in [0.25, 0.3) is 5.91 Å². The molecule has 0 aliphatic carbocycles. The minimum Gasteiger partial charge on any atom is -0.352 e. The number of nitrogens with one attached hydrogen (secondary N) is 2. The lowest BCUT2D eigenvalue weighted by atomic mass is 10.1. The molecule has 21 heavy (non-hydrogen) atoms. The van der Waals surface area contributed by atoms with Crippen LogP contribution in [0, 0.1) is 3.57 Å². The maximum absolute atomic E-state index is 12.2. The summed E-state index contributed by atoms with van der Waals surface area (Å²) in [5.74, 6) is -0.222. The van der Waals surface area contributed by atoms with Crippen LogP contribution in [0.1, 0.15) is 22.8 Å². The first-order chi connectivity index (χ1) is 10.1. The Labute approximate surface area is 137 Å². The number of hydrogen-bond acceptors (Lipinski definition) is 2. The summed E-state index contributed by atoms with van der Waals surface area (Å²) in [5, 5.41) is 5.60. The summed E-state index contributed by atoms with van der Waals surface area (Å²) in [5.41, 5.74) is 2.34. The van der Waals surface area contributed by atoms with E-state index in [2.05, 4.69) is 33.2 Å². The molecular weight excluding hydrogens is 379 g/mol. The van der Waals surface area contributed by atoms with Crippen molar-refractivity contribution in [2.24, 2.45) is 0 Å². The minimum atomic E-state index is -0.148. The van der Waals surface area contributed by atoms with E-state index in [1.807, 2.05) is 36.4 Å². The molecule has 4 nitrogen and oxygen atoms in total. The van der Waals surface area contributed by atoms with E-state index < -0.39 is 0 Å². The number of amides is 2. The van der Waals surface area contributed by atoms with Crippen molar-refractivity contribution in [1.29, 1.82) is 0 Å². The van der Waals surface area contributed by atoms with Gasteiger partial charge in [0.05, 0.1) is 5.69 Å². The van der Waals surface area contributed by atoms with Crippen molar-refractivity contribution in [1.82, 2.24) is 5.32 Å². The number of hydrogen-bond donors (Lipinski definition) is 2. The van der Waals surface area contributed by atoms with Crippen LogP contribution in [0.15, 0.2) is 48.5 Å². The number of carbonyl (C=O) groups excluding carboxylic acids is 2. The maximum atomic E-state index is 12.2. The van der Waals surface area contributed by atoms with Crippen LogP contribution >= 0.6 is 22.6 Å². The molecule has 0 aromatic heterocycles. The van der Waals surface area contributed by atoms with E-state index in [0.29, 0.717) is 12.1 Å². The number of carbonyl (C=O) groups is 2. The van der Waals surface area contributed by atoms with Gasteiger partial charge < -0.3 is 10.6 Å². The van der Waals surface area contributed by atoms with Crippen molar-refractivity contribution in [3.05, 3.63) is 63.2 Å². The first-order valence-electron chi connectivity index (χ1n) is 6.45. The third-order valence-corrected chi connectivity index (χ3v) is 3.82. The quantitative estimate of drug-likeness (QED) is 0.783. The first kappa shape index (κ1) is 15.5. The molecule has 0 fully saturated rings. The molecule has 0 aliphatic rings. The van der Waals surface area contributed by atoms with Gasteiger partial charge in [0.15, 0.2) is 0 Å². The number of halogens is 1. The molecule has 0 spiro atoms. The number of benzene rings is 2. The SMILES string of the molecule is CC(=O)NCc1ccc(C(=O)Nc2ccccc2I)cc1. The predicted molar refractivity (Wildman–Crippen MR) is 91.1 cm³/mol. The van der Waals surface area contributed by atoms with Gasteiger partial charge in [-0.05, 0) is 52.4 Å². The number of rotatable bonds is 4. The van der Waals surface area contributed by atoms with E-state index in [9.17, 15) is 9.59 Å². The van der Waals surface area contributed by atoms with Crippen LogP contribution in [0.25, 0.3) is 0 Å². The van der Waals surface area contributed by atoms with Crippen molar-refractivity contribution in [2.75, 3.05) is 5.32 Å². The van der Waals surface area contributed by atoms with Crippen molar-refractivity contribution >= 4 is 40.1 Å². The smallest absolute Gasteiger partial charge is 0.255 e. The van der Waals surface area contributed by atoms with Crippen LogP contribution in [0.4, 0.5) is 5.69 Å². The van der Waals surface area contributed by atoms with E-state index >= 15 is 0 Å². The summed E-state index contributed by atoms with van der Waals surface area (Å²) in [7, 11) is 0. The molecule has 0 radical (unpaired) electrons. The van der Waals surface area contributed by atoms with E-state index in [1.54, 1.807) is 12.1 Å². The normalized spacial score (nSPS) is 10.0. The monoisotopic (exact) mass is 394 g/mol. The third-order valence-electron chi connectivity index (χ3n) is 2.88. The van der Waals surface area contributed by atoms with Gasteiger partial charge in [0.2, 0.25) is 5.91 Å². The lowest BCUT2D eigenvalue weighted by Crippen LogP contribution is -2.19. The predicted octanol–water partition coefficient (Wildman–Crippen LogP) is 3.18. The van der Waals surface area contributed by atoms with Gasteiger partial charge in [-0.2, -0.15) is 0 Å². The summed E-state index contributed by atoms with van der Waals surface area (Å²) in [6, 6.07) is 14.8. The summed E-state index contributed by atoms with van der Waals surface area (Å²) in [6.45, 7) is 1.94. The van der Waals surface area contributed by atoms with Gasteiger partial charge in [-0.3, -0.25) is 9.59 Å². The minimum absolute atomic E-state index is 0.0736. The molecule has 0 bridgehead atoms. The third kappa shape index (κ3) is 4.56. The van der Waals surface area contributed by atoms with Gasteiger partial charge in [0.1, 0.15) is 0 Å². The number of anilines is 1. The molecule has 2 amide bonds. The second kappa shape index (κ2) is 7.21. The Morgan fingerprint density at radius 3 is 2.33 bits per heavy atom. The van der Waals surface area contributed by atoms with Crippen LogP contribution < -0.4 is 10.6 Å². The van der Waals surface area contributed by atoms with E-state index in [1.165, 1.54) is 6.92 Å². The Balaban J connectivity index is 2.03. The zero-order valence-electron chi connectivity index (χ0n) is 11.5. The first-order valence-corrected chi connectivity index (χ1v) is 7.53. The summed E-state index contributed by atoms with van der Waals surface area (Å²) < 4.78 is 0.991. The van der Waals surface area contributed by atoms with Crippen LogP contribution in [-0.2, 0) is 11.3 Å². The van der Waals surface area contributed by atoms with Gasteiger partial charge >= 0.3 is 0 Å². The molecule has 0 saturated carbocycles. The van der Waals surface area contributed by atoms with Gasteiger partial charge in [-0.1, -0.05) is 24.3 Å². The molecule has 0 heterocycles. The zero-order chi connectivity index (χ0) is 15.2. The van der Waals surface area contributed by atoms with Gasteiger partial charge in [0, 0.05) is 22.6 Å². The fourth-order valence-corrected chi connectivity index (χ4v) is 2.28. The number of para-hydroxylation sites is 1. The lowest BCUT2D eigenvalue weighted by molar-refractivity contribution is -0.119. The molecule has 5 heteroatoms. The average molecular weight is 394 g/mol. The Kier molecular flexibility index (Phi) is 5.32. The lowest BCUT2D eigenvalue weighted by Gasteiger charge is -2.08. The molecule has 2 rings (SSSR count). The van der Waals surface area contributed by atoms with E-state index in [4.69, 9.17) is 0 Å². The highest BCUT2D eigenvalue weighted by Gasteiger charge is 2.07. The molecule has 0 unspecified atom stereocenters. The van der Waals surface area contributed by atoms with Crippen molar-refractivity contribution < 1.29 is 9.59 Å². The fraction of sp³-hybridized carbons (Fsp3) is 0.125. The average Bonchev–Trinajstić information content (AvgIpc) is 2.48. The molecule has 0 aliphatic heterocycles. The van der Waals surface area contributed by atoms with E-state index in [-0.39, 0.29) is 11.8 Å². The van der Waals surface area contributed by atoms with Gasteiger partial charge in [-0.25, -0.2) is 0 Å². The Hall–Kier alpha value is -1.89. The molecule has 2 N–H and O–H groups in total. The standard InChI is InChI=1S/C16H15IN2O2/c1-11(20)18-10-12-6-8-13(9-7-12)16(21)19-15-5-3-2-4-14(15)17/h2-9H,10H2,1H3,(H,18,20)(H,19,21). The Morgan fingerprint density at radius 1 is 1.05 bits per heavy atom. The van der Waals surface area contributed by atoms with Crippen molar-refractivity contribution in [3.63, 3.8) is 0 Å². The van der Waals surface area contributed by atoms with Crippen molar-refractivity contribution in [3.8, 4) is 0 Å². The highest BCUT2D eigenvalue weighted by atomic mass is 127. The summed E-state index contributed by atoms with van der Waals surface area (Å²) in [6.07, 6.45) is 0. The molecular formula is C16H15IN2O2. The topological polar surface area (TPSA) is 58.2 Å². The van der Waals surface area contributed by atoms with Gasteiger partial charge in [-0.15, -0.1) is 0 Å². The summed E-state index contributed by atoms with van der Waals surface area (Å²) >= 11 is 2.18. The largest absolute Gasteiger partial charge is 0.352 e.